The van der Waals surface area contributed by atoms with Crippen LogP contribution in [0.2, 0.25) is 0 Å². The number of ether oxygens (including phenoxy) is 1. The zero-order valence-corrected chi connectivity index (χ0v) is 19.9. The number of anilines is 1. The molecule has 0 bridgehead atoms. The summed E-state index contributed by atoms with van der Waals surface area (Å²) >= 11 is 0. The predicted octanol–water partition coefficient (Wildman–Crippen LogP) is 4.38. The van der Waals surface area contributed by atoms with E-state index in [0.717, 1.165) is 17.0 Å². The fourth-order valence-corrected chi connectivity index (χ4v) is 4.34. The van der Waals surface area contributed by atoms with Crippen molar-refractivity contribution < 1.29 is 17.9 Å². The van der Waals surface area contributed by atoms with Crippen molar-refractivity contribution in [2.24, 2.45) is 0 Å². The van der Waals surface area contributed by atoms with E-state index in [9.17, 15) is 13.2 Å². The van der Waals surface area contributed by atoms with Gasteiger partial charge in [-0.25, -0.2) is 13.1 Å². The molecule has 0 atom stereocenters. The molecule has 9 nitrogen and oxygen atoms in total. The molecule has 0 spiro atoms. The number of ketones is 1. The number of nitrogens with one attached hydrogen (secondary N) is 1. The van der Waals surface area contributed by atoms with Gasteiger partial charge in [0.1, 0.15) is 5.75 Å². The zero-order valence-electron chi connectivity index (χ0n) is 19.1. The highest BCUT2D eigenvalue weighted by molar-refractivity contribution is 7.92. The van der Waals surface area contributed by atoms with Crippen LogP contribution in [-0.4, -0.2) is 34.2 Å². The molecule has 34 heavy (non-hydrogen) atoms. The zero-order chi connectivity index (χ0) is 24.5. The van der Waals surface area contributed by atoms with Gasteiger partial charge in [-0.1, -0.05) is 12.1 Å². The number of sulfonamides is 1. The van der Waals surface area contributed by atoms with E-state index in [1.165, 1.54) is 25.1 Å². The predicted molar refractivity (Wildman–Crippen MR) is 127 cm³/mol. The molecule has 174 valence electrons. The topological polar surface area (TPSA) is 116 Å². The summed E-state index contributed by atoms with van der Waals surface area (Å²) in [6, 6.07) is 15.7. The maximum Gasteiger partial charge on any atom is 0.261 e. The molecular formula is C24H23N5O4S. The molecule has 4 rings (SSSR count). The Labute approximate surface area is 197 Å². The summed E-state index contributed by atoms with van der Waals surface area (Å²) < 4.78 is 35.3. The van der Waals surface area contributed by atoms with Crippen molar-refractivity contribution in [1.82, 2.24) is 20.0 Å². The third-order valence-corrected chi connectivity index (χ3v) is 6.75. The molecule has 2 aromatic heterocycles. The number of Topliss-reactive ketones (excluding diaryl/α,β-unsaturated/α-hetero) is 1. The second kappa shape index (κ2) is 9.06. The minimum atomic E-state index is -3.85. The van der Waals surface area contributed by atoms with Crippen LogP contribution < -0.4 is 9.46 Å². The average Bonchev–Trinajstić information content (AvgIpc) is 3.08. The first-order chi connectivity index (χ1) is 16.1. The fourth-order valence-electron chi connectivity index (χ4n) is 3.23. The van der Waals surface area contributed by atoms with Gasteiger partial charge >= 0.3 is 0 Å². The normalized spacial score (nSPS) is 11.3. The second-order valence-electron chi connectivity index (χ2n) is 7.75. The molecule has 2 aromatic carbocycles. The Morgan fingerprint density at radius 3 is 2.29 bits per heavy atom. The smallest absolute Gasteiger partial charge is 0.261 e. The van der Waals surface area contributed by atoms with E-state index < -0.39 is 10.0 Å². The maximum absolute atomic E-state index is 12.7. The molecular weight excluding hydrogens is 454 g/mol. The van der Waals surface area contributed by atoms with Gasteiger partial charge in [-0.05, 0) is 75.7 Å². The Morgan fingerprint density at radius 2 is 1.71 bits per heavy atom. The van der Waals surface area contributed by atoms with Crippen LogP contribution >= 0.6 is 0 Å². The molecule has 0 aliphatic rings. The number of aromatic nitrogens is 4. The van der Waals surface area contributed by atoms with Crippen LogP contribution in [0.1, 0.15) is 34.2 Å². The van der Waals surface area contributed by atoms with Crippen LogP contribution in [0.25, 0.3) is 5.82 Å². The number of benzene rings is 2. The van der Waals surface area contributed by atoms with Gasteiger partial charge in [0.15, 0.2) is 11.6 Å². The molecule has 0 radical (unpaired) electrons. The van der Waals surface area contributed by atoms with Gasteiger partial charge in [-0.3, -0.25) is 9.52 Å². The van der Waals surface area contributed by atoms with E-state index in [0.29, 0.717) is 22.8 Å². The number of hydrogen-bond acceptors (Lipinski definition) is 7. The summed E-state index contributed by atoms with van der Waals surface area (Å²) in [4.78, 5) is 11.6. The highest BCUT2D eigenvalue weighted by Gasteiger charge is 2.16. The van der Waals surface area contributed by atoms with Gasteiger partial charge in [0.25, 0.3) is 10.0 Å². The van der Waals surface area contributed by atoms with Crippen LogP contribution in [0.3, 0.4) is 0 Å². The monoisotopic (exact) mass is 477 g/mol. The van der Waals surface area contributed by atoms with Crippen molar-refractivity contribution in [1.29, 1.82) is 0 Å². The molecule has 2 heterocycles. The molecule has 0 fully saturated rings. The minimum absolute atomic E-state index is 0.00805. The Bertz CT molecular complexity index is 1460. The van der Waals surface area contributed by atoms with Crippen LogP contribution in [0.4, 0.5) is 5.69 Å². The van der Waals surface area contributed by atoms with Gasteiger partial charge in [0.2, 0.25) is 5.88 Å². The van der Waals surface area contributed by atoms with E-state index in [1.54, 1.807) is 47.1 Å². The summed E-state index contributed by atoms with van der Waals surface area (Å²) in [5.74, 6) is 1.13. The third-order valence-electron chi connectivity index (χ3n) is 5.38. The summed E-state index contributed by atoms with van der Waals surface area (Å²) in [6.07, 6.45) is 0. The largest absolute Gasteiger partial charge is 0.438 e. The van der Waals surface area contributed by atoms with E-state index in [-0.39, 0.29) is 16.6 Å². The third kappa shape index (κ3) is 4.81. The second-order valence-corrected chi connectivity index (χ2v) is 9.44. The standard InChI is InChI=1S/C24H23N5O4S/c1-15-16(2)27-29(17(15)3)23-12-13-24(26-25-23)33-21-10-8-20(9-11-21)28-34(31,32)22-7-5-6-19(14-22)18(4)30/h5-14,28H,1-4H3. The Hall–Kier alpha value is -4.05. The Morgan fingerprint density at radius 1 is 0.971 bits per heavy atom. The van der Waals surface area contributed by atoms with Crippen LogP contribution in [0.15, 0.2) is 65.6 Å². The molecule has 0 saturated heterocycles. The molecule has 0 amide bonds. The van der Waals surface area contributed by atoms with Gasteiger partial charge in [-0.2, -0.15) is 5.10 Å². The van der Waals surface area contributed by atoms with Crippen LogP contribution in [-0.2, 0) is 10.0 Å². The van der Waals surface area contributed by atoms with Crippen LogP contribution in [0.5, 0.6) is 11.6 Å². The quantitative estimate of drug-likeness (QED) is 0.393. The Kier molecular flexibility index (Phi) is 6.16. The molecule has 1 N–H and O–H groups in total. The number of carbonyl (C=O) groups excluding carboxylic acids is 1. The van der Waals surface area contributed by atoms with Gasteiger partial charge in [0, 0.05) is 23.0 Å². The summed E-state index contributed by atoms with van der Waals surface area (Å²) in [6.45, 7) is 7.30. The number of nitrogens with zero attached hydrogens (tertiary/aromatic N) is 4. The van der Waals surface area contributed by atoms with Crippen LogP contribution in [0, 0.1) is 20.8 Å². The first kappa shape index (κ1) is 23.1. The van der Waals surface area contributed by atoms with E-state index in [2.05, 4.69) is 20.0 Å². The van der Waals surface area contributed by atoms with E-state index >= 15 is 0 Å². The lowest BCUT2D eigenvalue weighted by Crippen LogP contribution is -2.13. The fraction of sp³-hybridized carbons (Fsp3) is 0.167. The van der Waals surface area contributed by atoms with Gasteiger partial charge in [0.05, 0.1) is 10.6 Å². The average molecular weight is 478 g/mol. The highest BCUT2D eigenvalue weighted by atomic mass is 32.2. The van der Waals surface area contributed by atoms with Gasteiger partial charge < -0.3 is 4.74 Å². The lowest BCUT2D eigenvalue weighted by atomic mass is 10.2. The SMILES string of the molecule is CC(=O)c1cccc(S(=O)(=O)Nc2ccc(Oc3ccc(-n4nc(C)c(C)c4C)nn3)cc2)c1. The molecule has 0 aliphatic heterocycles. The molecule has 0 aliphatic carbocycles. The van der Waals surface area contributed by atoms with Gasteiger partial charge in [-0.15, -0.1) is 10.2 Å². The minimum Gasteiger partial charge on any atom is -0.438 e. The maximum atomic E-state index is 12.7. The summed E-state index contributed by atoms with van der Waals surface area (Å²) in [5, 5.41) is 12.8. The molecule has 4 aromatic rings. The Balaban J connectivity index is 1.45. The van der Waals surface area contributed by atoms with E-state index in [4.69, 9.17) is 4.74 Å². The van der Waals surface area contributed by atoms with E-state index in [1.807, 2.05) is 20.8 Å². The highest BCUT2D eigenvalue weighted by Crippen LogP contribution is 2.24. The number of hydrogen-bond donors (Lipinski definition) is 1. The first-order valence-corrected chi connectivity index (χ1v) is 11.9. The first-order valence-electron chi connectivity index (χ1n) is 10.4. The van der Waals surface area contributed by atoms with Crippen molar-refractivity contribution in [2.75, 3.05) is 4.72 Å². The lowest BCUT2D eigenvalue weighted by Gasteiger charge is -2.10. The lowest BCUT2D eigenvalue weighted by molar-refractivity contribution is 0.101. The summed E-state index contributed by atoms with van der Waals surface area (Å²) in [7, 11) is -3.85. The van der Waals surface area contributed by atoms with Crippen molar-refractivity contribution in [3.8, 4) is 17.4 Å². The van der Waals surface area contributed by atoms with Crippen molar-refractivity contribution in [3.63, 3.8) is 0 Å². The van der Waals surface area contributed by atoms with Crippen molar-refractivity contribution in [2.45, 2.75) is 32.6 Å². The van der Waals surface area contributed by atoms with Crippen molar-refractivity contribution in [3.05, 3.63) is 83.2 Å². The molecule has 0 saturated carbocycles. The van der Waals surface area contributed by atoms with Crippen molar-refractivity contribution >= 4 is 21.5 Å². The number of aryl methyl sites for hydroxylation is 1. The number of carbonyl (C=O) groups is 1. The molecule has 10 heteroatoms. The summed E-state index contributed by atoms with van der Waals surface area (Å²) in [5.41, 5.74) is 3.70. The molecule has 0 unspecified atom stereocenters. The number of rotatable bonds is 7.